The Bertz CT molecular complexity index is 1490. The highest BCUT2D eigenvalue weighted by atomic mass is 32.2. The van der Waals surface area contributed by atoms with E-state index in [1.165, 1.54) is 10.4 Å². The fraction of sp³-hybridized carbons (Fsp3) is 0.355. The molecule has 5 rings (SSSR count). The average molecular weight is 579 g/mol. The van der Waals surface area contributed by atoms with Gasteiger partial charge in [0.2, 0.25) is 15.9 Å². The van der Waals surface area contributed by atoms with Crippen molar-refractivity contribution >= 4 is 38.9 Å². The van der Waals surface area contributed by atoms with Crippen molar-refractivity contribution in [1.82, 2.24) is 4.31 Å². The minimum atomic E-state index is -3.96. The second-order valence-corrected chi connectivity index (χ2v) is 13.7. The van der Waals surface area contributed by atoms with Crippen molar-refractivity contribution in [2.24, 2.45) is 5.92 Å². The number of carbonyl (C=O) groups is 2. The Hall–Kier alpha value is -3.27. The highest BCUT2D eigenvalue weighted by molar-refractivity contribution is 7.89. The minimum absolute atomic E-state index is 0.0685. The largest absolute Gasteiger partial charge is 0.477 e. The first-order chi connectivity index (χ1) is 19.2. The molecule has 0 radical (unpaired) electrons. The Morgan fingerprint density at radius 3 is 2.38 bits per heavy atom. The molecule has 1 amide bonds. The number of aromatic carboxylic acids is 1. The molecule has 2 atom stereocenters. The summed E-state index contributed by atoms with van der Waals surface area (Å²) in [5.74, 6) is -1.44. The summed E-state index contributed by atoms with van der Waals surface area (Å²) in [6.07, 6.45) is 6.24. The predicted molar refractivity (Wildman–Crippen MR) is 159 cm³/mol. The number of hydrogen-bond donors (Lipinski definition) is 1. The SMILES string of the molecule is C=CC(c1ccc(C)cc1)S(=O)(=O)N1CC(=O)N(c2cc(-c3ccccc3)sc2C(=O)O)C(C2CCCCC2)C1. The Morgan fingerprint density at radius 2 is 1.75 bits per heavy atom. The number of rotatable bonds is 8. The number of carboxylic acids is 1. The molecular formula is C31H34N2O5S2. The van der Waals surface area contributed by atoms with Gasteiger partial charge < -0.3 is 10.0 Å². The van der Waals surface area contributed by atoms with Gasteiger partial charge in [0.05, 0.1) is 18.3 Å². The number of hydrogen-bond acceptors (Lipinski definition) is 5. The number of amides is 1. The maximum absolute atomic E-state index is 14.0. The van der Waals surface area contributed by atoms with Crippen LogP contribution in [0.25, 0.3) is 10.4 Å². The van der Waals surface area contributed by atoms with Gasteiger partial charge in [-0.2, -0.15) is 4.31 Å². The first-order valence-electron chi connectivity index (χ1n) is 13.6. The lowest BCUT2D eigenvalue weighted by Crippen LogP contribution is -2.61. The van der Waals surface area contributed by atoms with Crippen LogP contribution in [0.3, 0.4) is 0 Å². The van der Waals surface area contributed by atoms with Gasteiger partial charge in [-0.05, 0) is 42.9 Å². The van der Waals surface area contributed by atoms with Gasteiger partial charge in [0.15, 0.2) is 0 Å². The summed E-state index contributed by atoms with van der Waals surface area (Å²) < 4.78 is 29.2. The summed E-state index contributed by atoms with van der Waals surface area (Å²) in [4.78, 5) is 28.8. The molecule has 0 spiro atoms. The normalized spacial score (nSPS) is 19.9. The van der Waals surface area contributed by atoms with Gasteiger partial charge in [0.1, 0.15) is 10.1 Å². The molecule has 1 N–H and O–H groups in total. The number of sulfonamides is 1. The molecule has 2 unspecified atom stereocenters. The smallest absolute Gasteiger partial charge is 0.348 e. The maximum Gasteiger partial charge on any atom is 0.348 e. The van der Waals surface area contributed by atoms with Crippen molar-refractivity contribution < 1.29 is 23.1 Å². The van der Waals surface area contributed by atoms with Crippen molar-refractivity contribution in [3.8, 4) is 10.4 Å². The van der Waals surface area contributed by atoms with Crippen LogP contribution in [0.2, 0.25) is 0 Å². The molecule has 3 aromatic rings. The van der Waals surface area contributed by atoms with Gasteiger partial charge in [-0.1, -0.05) is 85.5 Å². The zero-order chi connectivity index (χ0) is 28.4. The van der Waals surface area contributed by atoms with E-state index in [1.54, 1.807) is 23.1 Å². The summed E-state index contributed by atoms with van der Waals surface area (Å²) in [6.45, 7) is 5.51. The Labute approximate surface area is 239 Å². The Morgan fingerprint density at radius 1 is 1.07 bits per heavy atom. The van der Waals surface area contributed by atoms with Crippen molar-refractivity contribution in [3.63, 3.8) is 0 Å². The summed E-state index contributed by atoms with van der Waals surface area (Å²) in [5.41, 5.74) is 2.84. The fourth-order valence-electron chi connectivity index (χ4n) is 5.96. The van der Waals surface area contributed by atoms with Crippen molar-refractivity contribution in [1.29, 1.82) is 0 Å². The van der Waals surface area contributed by atoms with E-state index in [2.05, 4.69) is 6.58 Å². The van der Waals surface area contributed by atoms with E-state index in [-0.39, 0.29) is 23.9 Å². The van der Waals surface area contributed by atoms with Crippen LogP contribution in [0.15, 0.2) is 73.3 Å². The molecule has 1 aliphatic carbocycles. The van der Waals surface area contributed by atoms with E-state index in [1.807, 2.05) is 49.4 Å². The Balaban J connectivity index is 1.54. The third kappa shape index (κ3) is 5.50. The van der Waals surface area contributed by atoms with Crippen molar-refractivity contribution in [2.45, 2.75) is 50.3 Å². The topological polar surface area (TPSA) is 95.0 Å². The Kier molecular flexibility index (Phi) is 8.26. The van der Waals surface area contributed by atoms with Crippen molar-refractivity contribution in [3.05, 3.63) is 89.3 Å². The lowest BCUT2D eigenvalue weighted by molar-refractivity contribution is -0.121. The van der Waals surface area contributed by atoms with E-state index < -0.39 is 33.2 Å². The van der Waals surface area contributed by atoms with Crippen LogP contribution in [0, 0.1) is 12.8 Å². The molecule has 2 aromatic carbocycles. The molecule has 9 heteroatoms. The van der Waals surface area contributed by atoms with Gasteiger partial charge >= 0.3 is 5.97 Å². The molecular weight excluding hydrogens is 544 g/mol. The molecule has 210 valence electrons. The molecule has 7 nitrogen and oxygen atoms in total. The van der Waals surface area contributed by atoms with Crippen LogP contribution >= 0.6 is 11.3 Å². The number of aryl methyl sites for hydroxylation is 1. The maximum atomic E-state index is 14.0. The van der Waals surface area contributed by atoms with Crippen molar-refractivity contribution in [2.75, 3.05) is 18.0 Å². The van der Waals surface area contributed by atoms with Crippen LogP contribution < -0.4 is 4.90 Å². The number of anilines is 1. The van der Waals surface area contributed by atoms with E-state index >= 15 is 0 Å². The number of carbonyl (C=O) groups excluding carboxylic acids is 1. The van der Waals surface area contributed by atoms with E-state index in [9.17, 15) is 23.1 Å². The summed E-state index contributed by atoms with van der Waals surface area (Å²) >= 11 is 1.14. The quantitative estimate of drug-likeness (QED) is 0.318. The summed E-state index contributed by atoms with van der Waals surface area (Å²) in [7, 11) is -3.96. The number of piperazine rings is 1. The molecule has 2 aliphatic rings. The molecule has 1 aromatic heterocycles. The van der Waals surface area contributed by atoms with Crippen LogP contribution in [0.1, 0.15) is 58.2 Å². The zero-order valence-corrected chi connectivity index (χ0v) is 24.2. The monoisotopic (exact) mass is 578 g/mol. The standard InChI is InChI=1S/C31H34N2O5S2/c1-3-28(24-16-14-21(2)15-17-24)40(37,38)32-19-26(22-10-6-4-7-11-22)33(29(34)20-32)25-18-27(39-30(25)31(35)36)23-12-8-5-9-13-23/h3,5,8-9,12-18,22,26,28H,1,4,6-7,10-11,19-20H2,2H3,(H,35,36). The molecule has 40 heavy (non-hydrogen) atoms. The highest BCUT2D eigenvalue weighted by Crippen LogP contribution is 2.42. The average Bonchev–Trinajstić information content (AvgIpc) is 3.40. The zero-order valence-electron chi connectivity index (χ0n) is 22.5. The fourth-order valence-corrected chi connectivity index (χ4v) is 8.67. The summed E-state index contributed by atoms with van der Waals surface area (Å²) in [5, 5.41) is 9.14. The van der Waals surface area contributed by atoms with E-state index in [0.717, 1.165) is 59.4 Å². The van der Waals surface area contributed by atoms with Gasteiger partial charge in [0, 0.05) is 11.4 Å². The lowest BCUT2D eigenvalue weighted by atomic mass is 9.82. The van der Waals surface area contributed by atoms with Crippen LogP contribution in [-0.2, 0) is 14.8 Å². The van der Waals surface area contributed by atoms with Gasteiger partial charge in [-0.3, -0.25) is 4.79 Å². The minimum Gasteiger partial charge on any atom is -0.477 e. The second-order valence-electron chi connectivity index (χ2n) is 10.6. The van der Waals surface area contributed by atoms with Gasteiger partial charge in [-0.15, -0.1) is 17.9 Å². The molecule has 1 saturated carbocycles. The first-order valence-corrected chi connectivity index (χ1v) is 16.0. The number of nitrogens with zero attached hydrogens (tertiary/aromatic N) is 2. The lowest BCUT2D eigenvalue weighted by Gasteiger charge is -2.45. The molecule has 1 aliphatic heterocycles. The third-order valence-electron chi connectivity index (χ3n) is 8.02. The van der Waals surface area contributed by atoms with Crippen LogP contribution in [0.4, 0.5) is 5.69 Å². The van der Waals surface area contributed by atoms with Crippen LogP contribution in [0.5, 0.6) is 0 Å². The van der Waals surface area contributed by atoms with Gasteiger partial charge in [-0.25, -0.2) is 13.2 Å². The highest BCUT2D eigenvalue weighted by Gasteiger charge is 2.45. The van der Waals surface area contributed by atoms with E-state index in [4.69, 9.17) is 0 Å². The first kappa shape index (κ1) is 28.3. The molecule has 2 fully saturated rings. The second kappa shape index (κ2) is 11.7. The molecule has 1 saturated heterocycles. The molecule has 2 heterocycles. The van der Waals surface area contributed by atoms with Gasteiger partial charge in [0.25, 0.3) is 0 Å². The predicted octanol–water partition coefficient (Wildman–Crippen LogP) is 6.28. The molecule has 0 bridgehead atoms. The summed E-state index contributed by atoms with van der Waals surface area (Å²) in [6, 6.07) is 18.1. The van der Waals surface area contributed by atoms with E-state index in [0.29, 0.717) is 11.3 Å². The third-order valence-corrected chi connectivity index (χ3v) is 11.3. The number of thiophene rings is 1. The number of carboxylic acid groups (broad SMARTS) is 1. The number of benzene rings is 2. The van der Waals surface area contributed by atoms with Crippen LogP contribution in [-0.4, -0.2) is 48.8 Å².